The van der Waals surface area contributed by atoms with E-state index in [9.17, 15) is 0 Å². The van der Waals surface area contributed by atoms with Gasteiger partial charge in [-0.05, 0) is 0 Å². The van der Waals surface area contributed by atoms with Crippen LogP contribution in [0.3, 0.4) is 0 Å². The van der Waals surface area contributed by atoms with E-state index in [1.54, 1.807) is 0 Å². The summed E-state index contributed by atoms with van der Waals surface area (Å²) in [5, 5.41) is 0. The standard InChI is InChI=1S/Al.2O.Si.Zr/q;2*-2;;+4. The quantitative estimate of drug-likeness (QED) is 0.427. The molecule has 5 heavy (non-hydrogen) atoms. The van der Waals surface area contributed by atoms with E-state index in [2.05, 4.69) is 0 Å². The topological polar surface area (TPSA) is 57.0 Å². The van der Waals surface area contributed by atoms with Gasteiger partial charge < -0.3 is 11.0 Å². The van der Waals surface area contributed by atoms with Crippen LogP contribution in [0.15, 0.2) is 0 Å². The van der Waals surface area contributed by atoms with Gasteiger partial charge in [0.05, 0.1) is 0 Å². The molecular formula is AlO2SiZr. The minimum Gasteiger partial charge on any atom is -2.00 e. The van der Waals surface area contributed by atoms with Crippen LogP contribution in [0.4, 0.5) is 0 Å². The Kier molecular flexibility index (Phi) is 800. The molecule has 0 saturated heterocycles. The fourth-order valence-electron chi connectivity index (χ4n) is 0. The van der Waals surface area contributed by atoms with Crippen molar-refractivity contribution in [1.29, 1.82) is 0 Å². The molecule has 0 saturated carbocycles. The molecule has 0 spiro atoms. The molecule has 2 nitrogen and oxygen atoms in total. The molecule has 23 valence electrons. The first-order chi connectivity index (χ1) is 0. The molecule has 0 unspecified atom stereocenters. The average molecular weight is 178 g/mol. The zero-order valence-electron chi connectivity index (χ0n) is 2.39. The van der Waals surface area contributed by atoms with E-state index < -0.39 is 0 Å². The van der Waals surface area contributed by atoms with Crippen molar-refractivity contribution in [2.45, 2.75) is 0 Å². The summed E-state index contributed by atoms with van der Waals surface area (Å²) in [5.41, 5.74) is 0. The second kappa shape index (κ2) is 47.7. The van der Waals surface area contributed by atoms with Crippen LogP contribution in [0, 0.1) is 0 Å². The zero-order chi connectivity index (χ0) is 0. The van der Waals surface area contributed by atoms with Gasteiger partial charge in [-0.2, -0.15) is 0 Å². The Morgan fingerprint density at radius 1 is 0.800 bits per heavy atom. The summed E-state index contributed by atoms with van der Waals surface area (Å²) < 4.78 is 0. The maximum atomic E-state index is 0. The van der Waals surface area contributed by atoms with Gasteiger partial charge in [-0.1, -0.05) is 0 Å². The smallest absolute Gasteiger partial charge is 2.00 e. The number of rotatable bonds is 0. The molecular weight excluding hydrogens is 178 g/mol. The molecule has 0 amide bonds. The monoisotopic (exact) mass is 177 g/mol. The van der Waals surface area contributed by atoms with Crippen LogP contribution in [0.5, 0.6) is 0 Å². The molecule has 0 aliphatic heterocycles. The summed E-state index contributed by atoms with van der Waals surface area (Å²) >= 11 is 0. The fourth-order valence-corrected chi connectivity index (χ4v) is 0. The van der Waals surface area contributed by atoms with Crippen molar-refractivity contribution in [3.8, 4) is 0 Å². The molecule has 0 aromatic heterocycles. The zero-order valence-corrected chi connectivity index (χ0v) is 7.01. The second-order valence-corrected chi connectivity index (χ2v) is 0. The van der Waals surface area contributed by atoms with Crippen molar-refractivity contribution in [3.63, 3.8) is 0 Å². The largest absolute Gasteiger partial charge is 4.00 e. The number of hydrogen-bond donors (Lipinski definition) is 0. The van der Waals surface area contributed by atoms with Crippen LogP contribution in [0.2, 0.25) is 0 Å². The van der Waals surface area contributed by atoms with E-state index in [1.165, 1.54) is 0 Å². The van der Waals surface area contributed by atoms with Crippen molar-refractivity contribution in [3.05, 3.63) is 0 Å². The van der Waals surface area contributed by atoms with Crippen molar-refractivity contribution >= 4 is 28.3 Å². The van der Waals surface area contributed by atoms with Crippen LogP contribution >= 0.6 is 0 Å². The fraction of sp³-hybridized carbons (Fsp3) is 0. The summed E-state index contributed by atoms with van der Waals surface area (Å²) in [6, 6.07) is 0. The van der Waals surface area contributed by atoms with Gasteiger partial charge >= 0.3 is 26.2 Å². The van der Waals surface area contributed by atoms with Gasteiger partial charge in [0.2, 0.25) is 0 Å². The third-order valence-electron chi connectivity index (χ3n) is 0. The van der Waals surface area contributed by atoms with Crippen molar-refractivity contribution in [2.75, 3.05) is 0 Å². The Morgan fingerprint density at radius 3 is 0.800 bits per heavy atom. The minimum absolute atomic E-state index is 0. The summed E-state index contributed by atoms with van der Waals surface area (Å²) in [7, 11) is 0. The van der Waals surface area contributed by atoms with Crippen molar-refractivity contribution in [2.24, 2.45) is 0 Å². The Labute approximate surface area is 65.2 Å². The molecule has 0 rings (SSSR count). The van der Waals surface area contributed by atoms with E-state index in [-0.39, 0.29) is 65.5 Å². The third kappa shape index (κ3) is 29.1. The van der Waals surface area contributed by atoms with E-state index in [1.807, 2.05) is 0 Å². The summed E-state index contributed by atoms with van der Waals surface area (Å²) in [4.78, 5) is 0. The van der Waals surface area contributed by atoms with Crippen LogP contribution in [0.25, 0.3) is 0 Å². The second-order valence-electron chi connectivity index (χ2n) is 0. The van der Waals surface area contributed by atoms with E-state index >= 15 is 0 Å². The molecule has 0 heterocycles. The van der Waals surface area contributed by atoms with Gasteiger partial charge in [0.25, 0.3) is 0 Å². The van der Waals surface area contributed by atoms with Crippen molar-refractivity contribution in [1.82, 2.24) is 0 Å². The first kappa shape index (κ1) is 83.8. The van der Waals surface area contributed by atoms with Crippen LogP contribution in [0.1, 0.15) is 0 Å². The molecule has 0 fully saturated rings. The van der Waals surface area contributed by atoms with Crippen LogP contribution < -0.4 is 0 Å². The van der Waals surface area contributed by atoms with Gasteiger partial charge in [0.15, 0.2) is 0 Å². The van der Waals surface area contributed by atoms with Gasteiger partial charge in [-0.25, -0.2) is 0 Å². The molecule has 0 N–H and O–H groups in total. The molecule has 5 heteroatoms. The van der Waals surface area contributed by atoms with E-state index in [4.69, 9.17) is 0 Å². The third-order valence-corrected chi connectivity index (χ3v) is 0. The Morgan fingerprint density at radius 2 is 0.800 bits per heavy atom. The molecule has 0 aromatic rings. The molecule has 0 aliphatic carbocycles. The van der Waals surface area contributed by atoms with Gasteiger partial charge in [-0.15, -0.1) is 0 Å². The summed E-state index contributed by atoms with van der Waals surface area (Å²) in [6.07, 6.45) is 0. The van der Waals surface area contributed by atoms with Gasteiger partial charge in [-0.3, -0.25) is 0 Å². The molecule has 0 bridgehead atoms. The summed E-state index contributed by atoms with van der Waals surface area (Å²) in [5.74, 6) is 0. The average Bonchev–Trinajstić information content (AvgIpc) is 0. The molecule has 7 radical (unpaired) electrons. The van der Waals surface area contributed by atoms with Gasteiger partial charge in [0, 0.05) is 28.3 Å². The first-order valence-corrected chi connectivity index (χ1v) is 0. The Balaban J connectivity index is 0. The normalized spacial score (nSPS) is 0. The number of hydrogen-bond acceptors (Lipinski definition) is 0. The Hall–Kier alpha value is 1.55. The summed E-state index contributed by atoms with van der Waals surface area (Å²) in [6.45, 7) is 0. The molecule has 0 aliphatic rings. The maximum absolute atomic E-state index is 0. The molecule has 0 aromatic carbocycles. The van der Waals surface area contributed by atoms with Crippen molar-refractivity contribution < 1.29 is 37.2 Å². The van der Waals surface area contributed by atoms with E-state index in [0.29, 0.717) is 0 Å². The Bertz CT molecular complexity index is 9.61. The minimum atomic E-state index is 0. The molecule has 0 atom stereocenters. The van der Waals surface area contributed by atoms with Gasteiger partial charge in [0.1, 0.15) is 0 Å². The van der Waals surface area contributed by atoms with E-state index in [0.717, 1.165) is 0 Å². The predicted octanol–water partition coefficient (Wildman–Crippen LogP) is -1.00. The maximum Gasteiger partial charge on any atom is 4.00 e. The van der Waals surface area contributed by atoms with Crippen LogP contribution in [-0.2, 0) is 37.2 Å². The SMILES string of the molecule is [Al].[O-2].[O-2].[Si].[Zr+4]. The predicted molar refractivity (Wildman–Crippen MR) is 12.9 cm³/mol. The van der Waals surface area contributed by atoms with Crippen LogP contribution in [-0.4, -0.2) is 28.3 Å². The first-order valence-electron chi connectivity index (χ1n) is 0.